The van der Waals surface area contributed by atoms with Crippen molar-refractivity contribution in [3.63, 3.8) is 0 Å². The molecule has 0 aromatic rings. The van der Waals surface area contributed by atoms with Crippen molar-refractivity contribution < 1.29 is 0 Å². The van der Waals surface area contributed by atoms with E-state index < -0.39 is 0 Å². The van der Waals surface area contributed by atoms with Crippen molar-refractivity contribution >= 4 is 0 Å². The molecule has 10 heavy (non-hydrogen) atoms. The molecule has 0 aliphatic carbocycles. The molecule has 0 unspecified atom stereocenters. The maximum Gasteiger partial charge on any atom is 0.0137 e. The van der Waals surface area contributed by atoms with Crippen molar-refractivity contribution in [2.24, 2.45) is 5.73 Å². The summed E-state index contributed by atoms with van der Waals surface area (Å²) in [6.45, 7) is 8.28. The lowest BCUT2D eigenvalue weighted by Gasteiger charge is -1.90. The van der Waals surface area contributed by atoms with E-state index >= 15 is 0 Å². The van der Waals surface area contributed by atoms with Gasteiger partial charge in [0.15, 0.2) is 0 Å². The molecule has 0 saturated heterocycles. The maximum atomic E-state index is 5.38. The summed E-state index contributed by atoms with van der Waals surface area (Å²) in [4.78, 5) is 0. The van der Waals surface area contributed by atoms with Crippen molar-refractivity contribution in [3.05, 3.63) is 36.0 Å². The van der Waals surface area contributed by atoms with E-state index in [0.29, 0.717) is 6.54 Å². The molecule has 0 saturated carbocycles. The second-order valence-corrected chi connectivity index (χ2v) is 2.33. The molecule has 1 heteroatoms. The summed E-state index contributed by atoms with van der Waals surface area (Å²) in [6.07, 6.45) is 5.84. The first-order chi connectivity index (χ1) is 4.70. The van der Waals surface area contributed by atoms with Gasteiger partial charge in [0, 0.05) is 6.54 Å². The molecule has 0 radical (unpaired) electrons. The number of rotatable bonds is 3. The van der Waals surface area contributed by atoms with Crippen LogP contribution in [-0.2, 0) is 0 Å². The summed E-state index contributed by atoms with van der Waals surface area (Å²) < 4.78 is 0. The van der Waals surface area contributed by atoms with Gasteiger partial charge in [-0.15, -0.1) is 0 Å². The van der Waals surface area contributed by atoms with Crippen molar-refractivity contribution in [1.29, 1.82) is 0 Å². The van der Waals surface area contributed by atoms with Crippen LogP contribution in [0, 0.1) is 0 Å². The fourth-order valence-corrected chi connectivity index (χ4v) is 0.410. The Morgan fingerprint density at radius 2 is 2.00 bits per heavy atom. The van der Waals surface area contributed by atoms with E-state index in [9.17, 15) is 0 Å². The topological polar surface area (TPSA) is 26.0 Å². The van der Waals surface area contributed by atoms with E-state index in [1.165, 1.54) is 5.57 Å². The largest absolute Gasteiger partial charge is 0.327 e. The molecule has 56 valence electrons. The van der Waals surface area contributed by atoms with Crippen LogP contribution in [0.15, 0.2) is 36.0 Å². The van der Waals surface area contributed by atoms with Crippen LogP contribution in [0.4, 0.5) is 0 Å². The van der Waals surface area contributed by atoms with E-state index in [4.69, 9.17) is 5.73 Å². The molecule has 0 heterocycles. The van der Waals surface area contributed by atoms with Gasteiger partial charge in [0.25, 0.3) is 0 Å². The van der Waals surface area contributed by atoms with Crippen LogP contribution >= 0.6 is 0 Å². The fourth-order valence-electron chi connectivity index (χ4n) is 0.410. The minimum absolute atomic E-state index is 0.626. The fraction of sp³-hybridized carbons (Fsp3) is 0.333. The highest BCUT2D eigenvalue weighted by molar-refractivity contribution is 5.22. The van der Waals surface area contributed by atoms with Gasteiger partial charge in [-0.25, -0.2) is 0 Å². The minimum Gasteiger partial charge on any atom is -0.327 e. The van der Waals surface area contributed by atoms with Gasteiger partial charge in [-0.1, -0.05) is 36.0 Å². The molecule has 0 aliphatic rings. The molecule has 0 bridgehead atoms. The van der Waals surface area contributed by atoms with Crippen LogP contribution in [0.3, 0.4) is 0 Å². The van der Waals surface area contributed by atoms with Gasteiger partial charge in [-0.3, -0.25) is 0 Å². The van der Waals surface area contributed by atoms with Crippen molar-refractivity contribution in [1.82, 2.24) is 0 Å². The average molecular weight is 137 g/mol. The Kier molecular flexibility index (Phi) is 4.59. The SMILES string of the molecule is C=C/C(C)=C\C=C(/C)CN. The second-order valence-electron chi connectivity index (χ2n) is 2.33. The van der Waals surface area contributed by atoms with Gasteiger partial charge in [0.1, 0.15) is 0 Å². The summed E-state index contributed by atoms with van der Waals surface area (Å²) in [5.74, 6) is 0. The van der Waals surface area contributed by atoms with Crippen LogP contribution < -0.4 is 5.73 Å². The standard InChI is InChI=1S/C9H15N/c1-4-8(2)5-6-9(3)7-10/h4-6H,1,7,10H2,2-3H3/b8-5-,9-6+. The zero-order valence-corrected chi connectivity index (χ0v) is 6.72. The number of hydrogen-bond donors (Lipinski definition) is 1. The highest BCUT2D eigenvalue weighted by Gasteiger charge is 1.79. The zero-order chi connectivity index (χ0) is 7.98. The number of allylic oxidation sites excluding steroid dienone is 4. The molecular weight excluding hydrogens is 122 g/mol. The molecule has 0 spiro atoms. The van der Waals surface area contributed by atoms with Crippen LogP contribution in [0.2, 0.25) is 0 Å². The first-order valence-electron chi connectivity index (χ1n) is 3.37. The molecular formula is C9H15N. The Morgan fingerprint density at radius 3 is 2.40 bits per heavy atom. The van der Waals surface area contributed by atoms with Gasteiger partial charge in [0.2, 0.25) is 0 Å². The lowest BCUT2D eigenvalue weighted by Crippen LogP contribution is -1.98. The summed E-state index contributed by atoms with van der Waals surface area (Å²) in [5.41, 5.74) is 7.72. The van der Waals surface area contributed by atoms with Crippen molar-refractivity contribution in [3.8, 4) is 0 Å². The first-order valence-corrected chi connectivity index (χ1v) is 3.37. The summed E-state index contributed by atoms with van der Waals surface area (Å²) in [7, 11) is 0. The molecule has 0 aromatic heterocycles. The lowest BCUT2D eigenvalue weighted by atomic mass is 10.2. The first kappa shape index (κ1) is 9.18. The molecule has 0 aromatic carbocycles. The minimum atomic E-state index is 0.626. The maximum absolute atomic E-state index is 5.38. The van der Waals surface area contributed by atoms with Crippen LogP contribution in [-0.4, -0.2) is 6.54 Å². The van der Waals surface area contributed by atoms with Crippen molar-refractivity contribution in [2.75, 3.05) is 6.54 Å². The van der Waals surface area contributed by atoms with E-state index in [-0.39, 0.29) is 0 Å². The zero-order valence-electron chi connectivity index (χ0n) is 6.72. The molecule has 1 nitrogen and oxygen atoms in total. The summed E-state index contributed by atoms with van der Waals surface area (Å²) in [6, 6.07) is 0. The van der Waals surface area contributed by atoms with Crippen LogP contribution in [0.25, 0.3) is 0 Å². The summed E-state index contributed by atoms with van der Waals surface area (Å²) in [5, 5.41) is 0. The van der Waals surface area contributed by atoms with Crippen LogP contribution in [0.1, 0.15) is 13.8 Å². The third-order valence-corrected chi connectivity index (χ3v) is 1.27. The molecule has 0 amide bonds. The van der Waals surface area contributed by atoms with E-state index in [0.717, 1.165) is 5.57 Å². The number of hydrogen-bond acceptors (Lipinski definition) is 1. The van der Waals surface area contributed by atoms with Gasteiger partial charge in [0.05, 0.1) is 0 Å². The highest BCUT2D eigenvalue weighted by atomic mass is 14.5. The quantitative estimate of drug-likeness (QED) is 0.592. The molecule has 0 fully saturated rings. The number of nitrogens with two attached hydrogens (primary N) is 1. The Morgan fingerprint density at radius 1 is 1.40 bits per heavy atom. The van der Waals surface area contributed by atoms with E-state index in [1.54, 1.807) is 0 Å². The average Bonchev–Trinajstić information content (AvgIpc) is 1.99. The molecule has 0 aliphatic heterocycles. The van der Waals surface area contributed by atoms with Gasteiger partial charge < -0.3 is 5.73 Å². The summed E-state index contributed by atoms with van der Waals surface area (Å²) >= 11 is 0. The molecule has 0 rings (SSSR count). The van der Waals surface area contributed by atoms with Gasteiger partial charge >= 0.3 is 0 Å². The molecule has 0 atom stereocenters. The predicted molar refractivity (Wildman–Crippen MR) is 46.8 cm³/mol. The Labute approximate surface area is 62.9 Å². The lowest BCUT2D eigenvalue weighted by molar-refractivity contribution is 1.14. The molecule has 2 N–H and O–H groups in total. The van der Waals surface area contributed by atoms with Gasteiger partial charge in [-0.2, -0.15) is 0 Å². The monoisotopic (exact) mass is 137 g/mol. The third kappa shape index (κ3) is 4.10. The van der Waals surface area contributed by atoms with Crippen LogP contribution in [0.5, 0.6) is 0 Å². The van der Waals surface area contributed by atoms with E-state index in [2.05, 4.69) is 6.58 Å². The van der Waals surface area contributed by atoms with Crippen molar-refractivity contribution in [2.45, 2.75) is 13.8 Å². The van der Waals surface area contributed by atoms with Gasteiger partial charge in [-0.05, 0) is 13.8 Å². The normalized spacial score (nSPS) is 13.5. The Hall–Kier alpha value is -0.820. The smallest absolute Gasteiger partial charge is 0.0137 e. The third-order valence-electron chi connectivity index (χ3n) is 1.27. The van der Waals surface area contributed by atoms with E-state index in [1.807, 2.05) is 32.1 Å². The second kappa shape index (κ2) is 5.00. The predicted octanol–water partition coefficient (Wildman–Crippen LogP) is 2.02. The Bertz CT molecular complexity index is 164. The Balaban J connectivity index is 4.03. The highest BCUT2D eigenvalue weighted by Crippen LogP contribution is 1.96.